The molecule has 4 rings (SSSR count). The van der Waals surface area contributed by atoms with E-state index >= 15 is 0 Å². The summed E-state index contributed by atoms with van der Waals surface area (Å²) in [6.07, 6.45) is 0. The molecule has 0 amide bonds. The molecule has 0 aliphatic heterocycles. The van der Waals surface area contributed by atoms with Gasteiger partial charge in [-0.2, -0.15) is 0 Å². The van der Waals surface area contributed by atoms with E-state index in [2.05, 4.69) is 45.9 Å². The molecule has 4 nitrogen and oxygen atoms in total. The summed E-state index contributed by atoms with van der Waals surface area (Å²) < 4.78 is 2.08. The van der Waals surface area contributed by atoms with Gasteiger partial charge in [0.25, 0.3) is 0 Å². The number of aromatic carboxylic acids is 1. The van der Waals surface area contributed by atoms with E-state index < -0.39 is 5.97 Å². The van der Waals surface area contributed by atoms with Gasteiger partial charge in [0.15, 0.2) is 0 Å². The fourth-order valence-corrected chi connectivity index (χ4v) is 3.45. The minimum atomic E-state index is -0.919. The number of nitrogens with zero attached hydrogens (tertiary/aromatic N) is 2. The zero-order chi connectivity index (χ0) is 19.0. The van der Waals surface area contributed by atoms with Crippen molar-refractivity contribution in [1.82, 2.24) is 9.55 Å². The highest BCUT2D eigenvalue weighted by molar-refractivity contribution is 5.94. The van der Waals surface area contributed by atoms with Crippen LogP contribution in [0.5, 0.6) is 0 Å². The molecule has 1 N–H and O–H groups in total. The number of rotatable bonds is 4. The normalized spacial score (nSPS) is 11.0. The minimum Gasteiger partial charge on any atom is -0.478 e. The number of carboxylic acid groups (broad SMARTS) is 1. The highest BCUT2D eigenvalue weighted by Gasteiger charge is 2.14. The van der Waals surface area contributed by atoms with E-state index in [0.717, 1.165) is 28.0 Å². The Hall–Kier alpha value is -3.40. The monoisotopic (exact) mass is 356 g/mol. The molecule has 0 atom stereocenters. The highest BCUT2D eigenvalue weighted by atomic mass is 16.4. The molecule has 1 aromatic heterocycles. The predicted octanol–water partition coefficient (Wildman–Crippen LogP) is 5.07. The Morgan fingerprint density at radius 3 is 2.30 bits per heavy atom. The number of aryl methyl sites for hydroxylation is 2. The maximum absolute atomic E-state index is 11.4. The first kappa shape index (κ1) is 17.0. The van der Waals surface area contributed by atoms with Crippen molar-refractivity contribution in [2.75, 3.05) is 0 Å². The largest absolute Gasteiger partial charge is 0.478 e. The summed E-state index contributed by atoms with van der Waals surface area (Å²) in [6, 6.07) is 22.1. The first-order valence-electron chi connectivity index (χ1n) is 8.88. The van der Waals surface area contributed by atoms with Crippen LogP contribution in [0.1, 0.15) is 27.3 Å². The molecule has 0 fully saturated rings. The van der Waals surface area contributed by atoms with Gasteiger partial charge in [-0.3, -0.25) is 0 Å². The predicted molar refractivity (Wildman–Crippen MR) is 107 cm³/mol. The van der Waals surface area contributed by atoms with E-state index in [1.165, 1.54) is 11.1 Å². The first-order valence-corrected chi connectivity index (χ1v) is 8.88. The Morgan fingerprint density at radius 2 is 1.63 bits per heavy atom. The Labute approximate surface area is 157 Å². The molecular weight excluding hydrogens is 336 g/mol. The van der Waals surface area contributed by atoms with Crippen LogP contribution < -0.4 is 0 Å². The first-order chi connectivity index (χ1) is 13.0. The van der Waals surface area contributed by atoms with E-state index in [1.54, 1.807) is 12.1 Å². The maximum Gasteiger partial charge on any atom is 0.335 e. The van der Waals surface area contributed by atoms with Gasteiger partial charge in [0.05, 0.1) is 16.6 Å². The van der Waals surface area contributed by atoms with Crippen molar-refractivity contribution >= 4 is 17.0 Å². The van der Waals surface area contributed by atoms with Gasteiger partial charge in [-0.15, -0.1) is 0 Å². The molecule has 3 aromatic carbocycles. The van der Waals surface area contributed by atoms with E-state index in [-0.39, 0.29) is 0 Å². The standard InChI is InChI=1S/C23H20N2O2/c1-15-12-20(23(26)27)13-21-22(15)24-16(2)25(21)14-17-8-10-19(11-9-17)18-6-4-3-5-7-18/h3-13H,14H2,1-2H3,(H,26,27). The van der Waals surface area contributed by atoms with Crippen molar-refractivity contribution in [1.29, 1.82) is 0 Å². The van der Waals surface area contributed by atoms with Crippen LogP contribution in [-0.4, -0.2) is 20.6 Å². The molecule has 0 aliphatic carbocycles. The van der Waals surface area contributed by atoms with E-state index in [4.69, 9.17) is 0 Å². The number of carbonyl (C=O) groups is 1. The second-order valence-electron chi connectivity index (χ2n) is 6.77. The number of benzene rings is 3. The molecule has 0 radical (unpaired) electrons. The molecule has 0 saturated heterocycles. The van der Waals surface area contributed by atoms with Gasteiger partial charge in [0.2, 0.25) is 0 Å². The van der Waals surface area contributed by atoms with E-state index in [0.29, 0.717) is 12.1 Å². The van der Waals surface area contributed by atoms with Gasteiger partial charge >= 0.3 is 5.97 Å². The van der Waals surface area contributed by atoms with Gasteiger partial charge in [-0.05, 0) is 48.2 Å². The Morgan fingerprint density at radius 1 is 0.963 bits per heavy atom. The summed E-state index contributed by atoms with van der Waals surface area (Å²) >= 11 is 0. The van der Waals surface area contributed by atoms with Crippen LogP contribution in [0.15, 0.2) is 66.7 Å². The Bertz CT molecular complexity index is 1130. The van der Waals surface area contributed by atoms with Crippen LogP contribution in [0.4, 0.5) is 0 Å². The summed E-state index contributed by atoms with van der Waals surface area (Å²) in [4.78, 5) is 16.1. The molecule has 0 aliphatic rings. The van der Waals surface area contributed by atoms with Crippen molar-refractivity contribution in [3.05, 3.63) is 89.2 Å². The SMILES string of the molecule is Cc1cc(C(=O)O)cc2c1nc(C)n2Cc1ccc(-c2ccccc2)cc1. The molecule has 0 bridgehead atoms. The Balaban J connectivity index is 1.71. The minimum absolute atomic E-state index is 0.292. The van der Waals surface area contributed by atoms with Crippen LogP contribution in [0.25, 0.3) is 22.2 Å². The summed E-state index contributed by atoms with van der Waals surface area (Å²) in [5, 5.41) is 9.37. The molecule has 27 heavy (non-hydrogen) atoms. The van der Waals surface area contributed by atoms with E-state index in [9.17, 15) is 9.90 Å². The molecule has 134 valence electrons. The summed E-state index contributed by atoms with van der Waals surface area (Å²) in [7, 11) is 0. The third kappa shape index (κ3) is 3.22. The average molecular weight is 356 g/mol. The third-order valence-electron chi connectivity index (χ3n) is 4.88. The lowest BCUT2D eigenvalue weighted by Gasteiger charge is -2.09. The second-order valence-corrected chi connectivity index (χ2v) is 6.77. The number of hydrogen-bond donors (Lipinski definition) is 1. The number of carboxylic acids is 1. The lowest BCUT2D eigenvalue weighted by Crippen LogP contribution is -2.03. The highest BCUT2D eigenvalue weighted by Crippen LogP contribution is 2.24. The second kappa shape index (κ2) is 6.72. The molecule has 0 unspecified atom stereocenters. The van der Waals surface area contributed by atoms with Crippen LogP contribution in [0, 0.1) is 13.8 Å². The quantitative estimate of drug-likeness (QED) is 0.556. The molecule has 4 aromatic rings. The van der Waals surface area contributed by atoms with Gasteiger partial charge in [0, 0.05) is 6.54 Å². The smallest absolute Gasteiger partial charge is 0.335 e. The maximum atomic E-state index is 11.4. The fraction of sp³-hybridized carbons (Fsp3) is 0.130. The summed E-state index contributed by atoms with van der Waals surface area (Å²) in [5.41, 5.74) is 6.41. The van der Waals surface area contributed by atoms with Crippen LogP contribution >= 0.6 is 0 Å². The van der Waals surface area contributed by atoms with Crippen LogP contribution in [0.3, 0.4) is 0 Å². The van der Waals surface area contributed by atoms with Crippen molar-refractivity contribution in [2.24, 2.45) is 0 Å². The fourth-order valence-electron chi connectivity index (χ4n) is 3.45. The number of imidazole rings is 1. The number of fused-ring (bicyclic) bond motifs is 1. The Kier molecular flexibility index (Phi) is 4.24. The lowest BCUT2D eigenvalue weighted by molar-refractivity contribution is 0.0697. The molecule has 0 spiro atoms. The van der Waals surface area contributed by atoms with Gasteiger partial charge in [-0.25, -0.2) is 9.78 Å². The summed E-state index contributed by atoms with van der Waals surface area (Å²) in [6.45, 7) is 4.51. The molecular formula is C23H20N2O2. The third-order valence-corrected chi connectivity index (χ3v) is 4.88. The van der Waals surface area contributed by atoms with Gasteiger partial charge in [0.1, 0.15) is 5.82 Å². The van der Waals surface area contributed by atoms with E-state index in [1.807, 2.05) is 32.0 Å². The topological polar surface area (TPSA) is 55.1 Å². The molecule has 0 saturated carbocycles. The van der Waals surface area contributed by atoms with Gasteiger partial charge < -0.3 is 9.67 Å². The average Bonchev–Trinajstić information content (AvgIpc) is 2.99. The summed E-state index contributed by atoms with van der Waals surface area (Å²) in [5.74, 6) is -0.0413. The van der Waals surface area contributed by atoms with Crippen molar-refractivity contribution < 1.29 is 9.90 Å². The van der Waals surface area contributed by atoms with Crippen molar-refractivity contribution in [2.45, 2.75) is 20.4 Å². The van der Waals surface area contributed by atoms with Crippen molar-refractivity contribution in [3.63, 3.8) is 0 Å². The van der Waals surface area contributed by atoms with Crippen molar-refractivity contribution in [3.8, 4) is 11.1 Å². The zero-order valence-electron chi connectivity index (χ0n) is 15.3. The lowest BCUT2D eigenvalue weighted by atomic mass is 10.0. The van der Waals surface area contributed by atoms with Gasteiger partial charge in [-0.1, -0.05) is 54.6 Å². The zero-order valence-corrected chi connectivity index (χ0v) is 15.3. The van der Waals surface area contributed by atoms with Crippen LogP contribution in [-0.2, 0) is 6.54 Å². The molecule has 1 heterocycles. The van der Waals surface area contributed by atoms with Crippen LogP contribution in [0.2, 0.25) is 0 Å². The number of aromatic nitrogens is 2. The number of hydrogen-bond acceptors (Lipinski definition) is 2. The molecule has 4 heteroatoms.